The number of rotatable bonds is 7. The summed E-state index contributed by atoms with van der Waals surface area (Å²) in [4.78, 5) is 11.8. The van der Waals surface area contributed by atoms with Gasteiger partial charge in [-0.25, -0.2) is 0 Å². The van der Waals surface area contributed by atoms with Gasteiger partial charge in [0.2, 0.25) is 5.91 Å². The summed E-state index contributed by atoms with van der Waals surface area (Å²) < 4.78 is 5.54. The molecule has 2 rings (SSSR count). The van der Waals surface area contributed by atoms with Crippen molar-refractivity contribution in [2.45, 2.75) is 26.4 Å². The lowest BCUT2D eigenvalue weighted by atomic mass is 10.0. The number of nitrogens with one attached hydrogen (secondary N) is 1. The smallest absolute Gasteiger partial charge is 0.223 e. The maximum Gasteiger partial charge on any atom is 0.223 e. The van der Waals surface area contributed by atoms with Gasteiger partial charge in [-0.1, -0.05) is 36.4 Å². The first-order valence-electron chi connectivity index (χ1n) is 7.76. The summed E-state index contributed by atoms with van der Waals surface area (Å²) >= 11 is 0. The van der Waals surface area contributed by atoms with Crippen LogP contribution in [0.3, 0.4) is 0 Å². The average molecular weight is 313 g/mol. The molecule has 0 bridgehead atoms. The van der Waals surface area contributed by atoms with Gasteiger partial charge in [-0.2, -0.15) is 0 Å². The van der Waals surface area contributed by atoms with Crippen LogP contribution in [0.4, 0.5) is 0 Å². The molecule has 2 aromatic carbocycles. The van der Waals surface area contributed by atoms with Gasteiger partial charge in [0.1, 0.15) is 5.75 Å². The van der Waals surface area contributed by atoms with E-state index in [1.165, 1.54) is 0 Å². The standard InChI is InChI=1S/C19H23NO3/c1-14-6-5-8-16(12-14)23-11-10-19(22)20-13-18(21)17-9-4-3-7-15(17)2/h3-9,12,18,21H,10-11,13H2,1-2H3,(H,20,22). The Kier molecular flexibility index (Phi) is 6.18. The van der Waals surface area contributed by atoms with E-state index in [2.05, 4.69) is 5.32 Å². The van der Waals surface area contributed by atoms with Crippen molar-refractivity contribution in [1.82, 2.24) is 5.32 Å². The third-order valence-corrected chi connectivity index (χ3v) is 3.63. The van der Waals surface area contributed by atoms with E-state index in [1.54, 1.807) is 0 Å². The van der Waals surface area contributed by atoms with Gasteiger partial charge in [-0.15, -0.1) is 0 Å². The first-order valence-corrected chi connectivity index (χ1v) is 7.76. The van der Waals surface area contributed by atoms with Gasteiger partial charge in [0.25, 0.3) is 0 Å². The summed E-state index contributed by atoms with van der Waals surface area (Å²) in [5.74, 6) is 0.628. The highest BCUT2D eigenvalue weighted by atomic mass is 16.5. The zero-order valence-corrected chi connectivity index (χ0v) is 13.6. The minimum atomic E-state index is -0.696. The minimum Gasteiger partial charge on any atom is -0.493 e. The van der Waals surface area contributed by atoms with Gasteiger partial charge in [0.05, 0.1) is 19.1 Å². The molecule has 1 unspecified atom stereocenters. The molecule has 0 aliphatic heterocycles. The summed E-state index contributed by atoms with van der Waals surface area (Å²) in [6.07, 6.45) is -0.438. The van der Waals surface area contributed by atoms with Gasteiger partial charge >= 0.3 is 0 Å². The van der Waals surface area contributed by atoms with Crippen LogP contribution >= 0.6 is 0 Å². The van der Waals surface area contributed by atoms with Crippen molar-refractivity contribution in [1.29, 1.82) is 0 Å². The third-order valence-electron chi connectivity index (χ3n) is 3.63. The van der Waals surface area contributed by atoms with Gasteiger partial charge in [0.15, 0.2) is 0 Å². The molecule has 23 heavy (non-hydrogen) atoms. The summed E-state index contributed by atoms with van der Waals surface area (Å²) in [7, 11) is 0. The van der Waals surface area contributed by atoms with E-state index in [1.807, 2.05) is 62.4 Å². The number of carbonyl (C=O) groups excluding carboxylic acids is 1. The van der Waals surface area contributed by atoms with E-state index in [4.69, 9.17) is 4.74 Å². The van der Waals surface area contributed by atoms with E-state index in [0.29, 0.717) is 6.61 Å². The first-order chi connectivity index (χ1) is 11.1. The van der Waals surface area contributed by atoms with Crippen LogP contribution in [0.15, 0.2) is 48.5 Å². The average Bonchev–Trinajstić information content (AvgIpc) is 2.53. The summed E-state index contributed by atoms with van der Waals surface area (Å²) in [5, 5.41) is 12.9. The van der Waals surface area contributed by atoms with Crippen molar-refractivity contribution in [2.24, 2.45) is 0 Å². The van der Waals surface area contributed by atoms with Gasteiger partial charge in [0, 0.05) is 6.54 Å². The Bertz CT molecular complexity index is 655. The van der Waals surface area contributed by atoms with Crippen LogP contribution < -0.4 is 10.1 Å². The summed E-state index contributed by atoms with van der Waals surface area (Å²) in [6.45, 7) is 4.45. The normalized spacial score (nSPS) is 11.8. The molecule has 122 valence electrons. The molecule has 1 atom stereocenters. The number of hydrogen-bond donors (Lipinski definition) is 2. The number of benzene rings is 2. The Labute approximate surface area is 137 Å². The predicted octanol–water partition coefficient (Wildman–Crippen LogP) is 2.92. The molecule has 0 radical (unpaired) electrons. The maximum atomic E-state index is 11.8. The van der Waals surface area contributed by atoms with E-state index < -0.39 is 6.10 Å². The fourth-order valence-electron chi connectivity index (χ4n) is 2.34. The highest BCUT2D eigenvalue weighted by molar-refractivity contribution is 5.76. The SMILES string of the molecule is Cc1cccc(OCCC(=O)NCC(O)c2ccccc2C)c1. The van der Waals surface area contributed by atoms with Crippen molar-refractivity contribution in [3.8, 4) is 5.75 Å². The molecule has 0 aromatic heterocycles. The van der Waals surface area contributed by atoms with Crippen molar-refractivity contribution in [3.63, 3.8) is 0 Å². The highest BCUT2D eigenvalue weighted by Gasteiger charge is 2.11. The van der Waals surface area contributed by atoms with Crippen LogP contribution in [0.1, 0.15) is 29.2 Å². The van der Waals surface area contributed by atoms with Gasteiger partial charge in [-0.05, 0) is 42.7 Å². The second kappa shape index (κ2) is 8.34. The van der Waals surface area contributed by atoms with Crippen LogP contribution in [0.2, 0.25) is 0 Å². The zero-order valence-electron chi connectivity index (χ0n) is 13.6. The quantitative estimate of drug-likeness (QED) is 0.826. The molecule has 0 heterocycles. The summed E-state index contributed by atoms with van der Waals surface area (Å²) in [6, 6.07) is 15.3. The number of ether oxygens (including phenoxy) is 1. The predicted molar refractivity (Wildman–Crippen MR) is 90.4 cm³/mol. The van der Waals surface area contributed by atoms with E-state index in [-0.39, 0.29) is 18.9 Å². The van der Waals surface area contributed by atoms with Gasteiger partial charge in [-0.3, -0.25) is 4.79 Å². The van der Waals surface area contributed by atoms with E-state index >= 15 is 0 Å². The highest BCUT2D eigenvalue weighted by Crippen LogP contribution is 2.16. The largest absolute Gasteiger partial charge is 0.493 e. The Balaban J connectivity index is 1.72. The fraction of sp³-hybridized carbons (Fsp3) is 0.316. The Morgan fingerprint density at radius 3 is 2.70 bits per heavy atom. The molecule has 0 spiro atoms. The number of carbonyl (C=O) groups is 1. The molecule has 1 amide bonds. The molecule has 0 aliphatic carbocycles. The number of aliphatic hydroxyl groups excluding tert-OH is 1. The minimum absolute atomic E-state index is 0.134. The molecule has 2 aromatic rings. The molecule has 4 heteroatoms. The first kappa shape index (κ1) is 17.0. The Hall–Kier alpha value is -2.33. The zero-order chi connectivity index (χ0) is 16.7. The van der Waals surface area contributed by atoms with Crippen LogP contribution in [0.5, 0.6) is 5.75 Å². The number of aryl methyl sites for hydroxylation is 2. The molecular formula is C19H23NO3. The third kappa shape index (κ3) is 5.42. The summed E-state index contributed by atoms with van der Waals surface area (Å²) in [5.41, 5.74) is 2.97. The number of aliphatic hydroxyl groups is 1. The number of hydrogen-bond acceptors (Lipinski definition) is 3. The van der Waals surface area contributed by atoms with Crippen molar-refractivity contribution in [3.05, 3.63) is 65.2 Å². The second-order valence-electron chi connectivity index (χ2n) is 5.59. The lowest BCUT2D eigenvalue weighted by molar-refractivity contribution is -0.122. The molecule has 0 aliphatic rings. The fourth-order valence-corrected chi connectivity index (χ4v) is 2.34. The lowest BCUT2D eigenvalue weighted by Gasteiger charge is -2.14. The molecule has 4 nitrogen and oxygen atoms in total. The second-order valence-corrected chi connectivity index (χ2v) is 5.59. The molecular weight excluding hydrogens is 290 g/mol. The van der Waals surface area contributed by atoms with Crippen LogP contribution in [-0.4, -0.2) is 24.2 Å². The molecule has 0 saturated heterocycles. The lowest BCUT2D eigenvalue weighted by Crippen LogP contribution is -2.29. The van der Waals surface area contributed by atoms with E-state index in [0.717, 1.165) is 22.4 Å². The molecule has 0 saturated carbocycles. The van der Waals surface area contributed by atoms with Crippen molar-refractivity contribution < 1.29 is 14.6 Å². The van der Waals surface area contributed by atoms with Crippen LogP contribution in [0.25, 0.3) is 0 Å². The van der Waals surface area contributed by atoms with Gasteiger partial charge < -0.3 is 15.2 Å². The van der Waals surface area contributed by atoms with Crippen molar-refractivity contribution in [2.75, 3.05) is 13.2 Å². The van der Waals surface area contributed by atoms with Crippen LogP contribution in [-0.2, 0) is 4.79 Å². The monoisotopic (exact) mass is 313 g/mol. The molecule has 2 N–H and O–H groups in total. The Morgan fingerprint density at radius 1 is 1.17 bits per heavy atom. The Morgan fingerprint density at radius 2 is 1.96 bits per heavy atom. The van der Waals surface area contributed by atoms with Crippen LogP contribution in [0, 0.1) is 13.8 Å². The maximum absolute atomic E-state index is 11.8. The topological polar surface area (TPSA) is 58.6 Å². The van der Waals surface area contributed by atoms with Crippen molar-refractivity contribution >= 4 is 5.91 Å². The van der Waals surface area contributed by atoms with E-state index in [9.17, 15) is 9.90 Å². The molecule has 0 fully saturated rings. The number of amides is 1.